The topological polar surface area (TPSA) is 33.3 Å². The fourth-order valence-corrected chi connectivity index (χ4v) is 2.40. The van der Waals surface area contributed by atoms with Crippen LogP contribution < -0.4 is 15.4 Å². The third-order valence-electron chi connectivity index (χ3n) is 3.00. The van der Waals surface area contributed by atoms with Gasteiger partial charge in [-0.05, 0) is 62.5 Å². The van der Waals surface area contributed by atoms with Crippen LogP contribution in [0.25, 0.3) is 0 Å². The van der Waals surface area contributed by atoms with E-state index in [0.717, 1.165) is 15.9 Å². The summed E-state index contributed by atoms with van der Waals surface area (Å²) >= 11 is 8.71. The highest BCUT2D eigenvalue weighted by atomic mass is 79.9. The van der Waals surface area contributed by atoms with Crippen molar-refractivity contribution >= 4 is 38.9 Å². The Labute approximate surface area is 145 Å². The van der Waals surface area contributed by atoms with E-state index in [-0.39, 0.29) is 6.04 Å². The Morgan fingerprint density at radius 1 is 1.14 bits per heavy atom. The summed E-state index contributed by atoms with van der Waals surface area (Å²) in [6, 6.07) is 16.0. The summed E-state index contributed by atoms with van der Waals surface area (Å²) in [7, 11) is 0. The van der Waals surface area contributed by atoms with Crippen LogP contribution in [0, 0.1) is 6.92 Å². The van der Waals surface area contributed by atoms with Crippen LogP contribution >= 0.6 is 28.1 Å². The summed E-state index contributed by atoms with van der Waals surface area (Å²) in [6.07, 6.45) is 0. The van der Waals surface area contributed by atoms with Gasteiger partial charge in [-0.25, -0.2) is 0 Å². The minimum atomic E-state index is 0.108. The first-order valence-corrected chi connectivity index (χ1v) is 8.25. The summed E-state index contributed by atoms with van der Waals surface area (Å²) in [6.45, 7) is 4.63. The number of ether oxygens (including phenoxy) is 1. The first-order valence-electron chi connectivity index (χ1n) is 7.05. The number of halogens is 1. The number of aryl methyl sites for hydroxylation is 1. The smallest absolute Gasteiger partial charge is 0.171 e. The van der Waals surface area contributed by atoms with Crippen molar-refractivity contribution < 1.29 is 4.74 Å². The molecule has 0 saturated heterocycles. The molecule has 1 atom stereocenters. The number of hydrogen-bond donors (Lipinski definition) is 2. The first-order chi connectivity index (χ1) is 10.5. The predicted octanol–water partition coefficient (Wildman–Crippen LogP) is 4.51. The van der Waals surface area contributed by atoms with Gasteiger partial charge in [0.05, 0.1) is 6.04 Å². The van der Waals surface area contributed by atoms with Crippen LogP contribution in [0.3, 0.4) is 0 Å². The van der Waals surface area contributed by atoms with E-state index in [1.54, 1.807) is 0 Å². The SMILES string of the molecule is Cc1ccc(OC[C@H](C)NC(=S)Nc2ccc(Br)cc2)cc1. The molecule has 0 aromatic heterocycles. The number of benzene rings is 2. The predicted molar refractivity (Wildman–Crippen MR) is 99.6 cm³/mol. The molecular weight excluding hydrogens is 360 g/mol. The zero-order chi connectivity index (χ0) is 15.9. The zero-order valence-electron chi connectivity index (χ0n) is 12.6. The normalized spacial score (nSPS) is 11.6. The number of nitrogens with one attached hydrogen (secondary N) is 2. The van der Waals surface area contributed by atoms with Gasteiger partial charge in [0.15, 0.2) is 5.11 Å². The van der Waals surface area contributed by atoms with Crippen LogP contribution in [0.2, 0.25) is 0 Å². The van der Waals surface area contributed by atoms with E-state index in [4.69, 9.17) is 17.0 Å². The van der Waals surface area contributed by atoms with Crippen molar-refractivity contribution in [2.75, 3.05) is 11.9 Å². The monoisotopic (exact) mass is 378 g/mol. The molecule has 0 fully saturated rings. The summed E-state index contributed by atoms with van der Waals surface area (Å²) < 4.78 is 6.77. The van der Waals surface area contributed by atoms with Crippen LogP contribution in [-0.4, -0.2) is 17.8 Å². The lowest BCUT2D eigenvalue weighted by Crippen LogP contribution is -2.39. The maximum atomic E-state index is 5.73. The Morgan fingerprint density at radius 2 is 1.77 bits per heavy atom. The van der Waals surface area contributed by atoms with Gasteiger partial charge in [-0.2, -0.15) is 0 Å². The molecule has 0 amide bonds. The second-order valence-electron chi connectivity index (χ2n) is 5.13. The second-order valence-corrected chi connectivity index (χ2v) is 6.45. The van der Waals surface area contributed by atoms with Gasteiger partial charge in [0.1, 0.15) is 12.4 Å². The lowest BCUT2D eigenvalue weighted by atomic mass is 10.2. The first kappa shape index (κ1) is 16.8. The molecule has 2 rings (SSSR count). The largest absolute Gasteiger partial charge is 0.491 e. The maximum absolute atomic E-state index is 5.73. The third-order valence-corrected chi connectivity index (χ3v) is 3.75. The molecule has 3 nitrogen and oxygen atoms in total. The Kier molecular flexibility index (Phi) is 6.21. The number of anilines is 1. The van der Waals surface area contributed by atoms with Crippen LogP contribution in [-0.2, 0) is 0 Å². The fourth-order valence-electron chi connectivity index (χ4n) is 1.82. The minimum absolute atomic E-state index is 0.108. The average molecular weight is 379 g/mol. The molecule has 2 aromatic rings. The molecule has 0 aliphatic heterocycles. The third kappa shape index (κ3) is 5.66. The summed E-state index contributed by atoms with van der Waals surface area (Å²) in [5, 5.41) is 6.94. The molecule has 0 bridgehead atoms. The van der Waals surface area contributed by atoms with Gasteiger partial charge in [0.25, 0.3) is 0 Å². The van der Waals surface area contributed by atoms with Crippen molar-refractivity contribution in [1.82, 2.24) is 5.32 Å². The van der Waals surface area contributed by atoms with Crippen LogP contribution in [0.4, 0.5) is 5.69 Å². The minimum Gasteiger partial charge on any atom is -0.491 e. The highest BCUT2D eigenvalue weighted by Gasteiger charge is 2.05. The van der Waals surface area contributed by atoms with Gasteiger partial charge in [-0.15, -0.1) is 0 Å². The molecule has 2 aromatic carbocycles. The standard InChI is InChI=1S/C17H19BrN2OS/c1-12-3-9-16(10-4-12)21-11-13(2)19-17(22)20-15-7-5-14(18)6-8-15/h3-10,13H,11H2,1-2H3,(H2,19,20,22)/t13-/m0/s1. The Hall–Kier alpha value is -1.59. The van der Waals surface area contributed by atoms with Gasteiger partial charge in [-0.3, -0.25) is 0 Å². The van der Waals surface area contributed by atoms with Crippen molar-refractivity contribution in [2.45, 2.75) is 19.9 Å². The Bertz CT molecular complexity index is 614. The molecule has 5 heteroatoms. The number of thiocarbonyl (C=S) groups is 1. The van der Waals surface area contributed by atoms with Gasteiger partial charge >= 0.3 is 0 Å². The molecule has 0 radical (unpaired) electrons. The molecule has 0 heterocycles. The van der Waals surface area contributed by atoms with Crippen molar-refractivity contribution in [3.8, 4) is 5.75 Å². The Morgan fingerprint density at radius 3 is 2.41 bits per heavy atom. The summed E-state index contributed by atoms with van der Waals surface area (Å²) in [4.78, 5) is 0. The van der Waals surface area contributed by atoms with Gasteiger partial charge < -0.3 is 15.4 Å². The fraction of sp³-hybridized carbons (Fsp3) is 0.235. The number of hydrogen-bond acceptors (Lipinski definition) is 2. The van der Waals surface area contributed by atoms with E-state index in [1.807, 2.05) is 55.5 Å². The molecule has 0 saturated carbocycles. The van der Waals surface area contributed by atoms with Gasteiger partial charge in [-0.1, -0.05) is 33.6 Å². The molecule has 0 aliphatic carbocycles. The van der Waals surface area contributed by atoms with Crippen LogP contribution in [0.1, 0.15) is 12.5 Å². The van der Waals surface area contributed by atoms with Crippen molar-refractivity contribution in [3.63, 3.8) is 0 Å². The van der Waals surface area contributed by atoms with Crippen molar-refractivity contribution in [2.24, 2.45) is 0 Å². The van der Waals surface area contributed by atoms with E-state index in [9.17, 15) is 0 Å². The lowest BCUT2D eigenvalue weighted by molar-refractivity contribution is 0.287. The lowest BCUT2D eigenvalue weighted by Gasteiger charge is -2.17. The zero-order valence-corrected chi connectivity index (χ0v) is 15.0. The van der Waals surface area contributed by atoms with E-state index in [0.29, 0.717) is 11.7 Å². The van der Waals surface area contributed by atoms with E-state index >= 15 is 0 Å². The van der Waals surface area contributed by atoms with Crippen LogP contribution in [0.5, 0.6) is 5.75 Å². The molecule has 22 heavy (non-hydrogen) atoms. The van der Waals surface area contributed by atoms with Gasteiger partial charge in [0.2, 0.25) is 0 Å². The molecule has 0 unspecified atom stereocenters. The molecule has 116 valence electrons. The van der Waals surface area contributed by atoms with Crippen molar-refractivity contribution in [3.05, 3.63) is 58.6 Å². The van der Waals surface area contributed by atoms with E-state index < -0.39 is 0 Å². The van der Waals surface area contributed by atoms with Gasteiger partial charge in [0, 0.05) is 10.2 Å². The van der Waals surface area contributed by atoms with Crippen molar-refractivity contribution in [1.29, 1.82) is 0 Å². The molecular formula is C17H19BrN2OS. The maximum Gasteiger partial charge on any atom is 0.171 e. The highest BCUT2D eigenvalue weighted by Crippen LogP contribution is 2.14. The molecule has 0 aliphatic rings. The van der Waals surface area contributed by atoms with E-state index in [2.05, 4.69) is 33.5 Å². The number of rotatable bonds is 5. The van der Waals surface area contributed by atoms with Crippen LogP contribution in [0.15, 0.2) is 53.0 Å². The summed E-state index contributed by atoms with van der Waals surface area (Å²) in [5.41, 5.74) is 2.17. The second kappa shape index (κ2) is 8.15. The average Bonchev–Trinajstić information content (AvgIpc) is 2.49. The molecule has 2 N–H and O–H groups in total. The quantitative estimate of drug-likeness (QED) is 0.749. The highest BCUT2D eigenvalue weighted by molar-refractivity contribution is 9.10. The summed E-state index contributed by atoms with van der Waals surface area (Å²) in [5.74, 6) is 0.867. The molecule has 0 spiro atoms. The Balaban J connectivity index is 1.76. The van der Waals surface area contributed by atoms with E-state index in [1.165, 1.54) is 5.56 Å².